The second-order valence-corrected chi connectivity index (χ2v) is 4.59. The van der Waals surface area contributed by atoms with E-state index >= 15 is 0 Å². The summed E-state index contributed by atoms with van der Waals surface area (Å²) in [6.45, 7) is 4.54. The van der Waals surface area contributed by atoms with Crippen molar-refractivity contribution in [3.8, 4) is 0 Å². The summed E-state index contributed by atoms with van der Waals surface area (Å²) < 4.78 is 5.67. The van der Waals surface area contributed by atoms with E-state index in [1.807, 2.05) is 14.2 Å². The molecule has 0 saturated heterocycles. The van der Waals surface area contributed by atoms with Gasteiger partial charge in [-0.2, -0.15) is 0 Å². The molecule has 2 heteroatoms. The molecule has 0 radical (unpaired) electrons. The Morgan fingerprint density at radius 1 is 1.38 bits per heavy atom. The Balaban J connectivity index is 2.52. The lowest BCUT2D eigenvalue weighted by atomic mass is 9.72. The van der Waals surface area contributed by atoms with Crippen LogP contribution in [0.2, 0.25) is 0 Å². The third-order valence-electron chi connectivity index (χ3n) is 3.30. The first-order valence-corrected chi connectivity index (χ1v) is 5.37. The van der Waals surface area contributed by atoms with Crippen LogP contribution in [-0.4, -0.2) is 25.8 Å². The van der Waals surface area contributed by atoms with Gasteiger partial charge in [0.25, 0.3) is 0 Å². The van der Waals surface area contributed by atoms with Gasteiger partial charge in [0.05, 0.1) is 5.60 Å². The lowest BCUT2D eigenvalue weighted by Crippen LogP contribution is -2.55. The quantitative estimate of drug-likeness (QED) is 0.709. The summed E-state index contributed by atoms with van der Waals surface area (Å²) in [6.07, 6.45) is 4.98. The number of nitrogens with one attached hydrogen (secondary N) is 1. The monoisotopic (exact) mass is 185 g/mol. The summed E-state index contributed by atoms with van der Waals surface area (Å²) in [5.41, 5.74) is 0.152. The van der Waals surface area contributed by atoms with Crippen molar-refractivity contribution in [2.75, 3.05) is 14.2 Å². The molecule has 0 aromatic heterocycles. The fourth-order valence-electron chi connectivity index (χ4n) is 2.29. The minimum atomic E-state index is 0.152. The summed E-state index contributed by atoms with van der Waals surface area (Å²) in [6, 6.07) is 0.534. The molecule has 1 fully saturated rings. The van der Waals surface area contributed by atoms with E-state index in [0.717, 1.165) is 5.92 Å². The maximum atomic E-state index is 5.67. The van der Waals surface area contributed by atoms with Gasteiger partial charge in [0.1, 0.15) is 0 Å². The molecule has 1 atom stereocenters. The van der Waals surface area contributed by atoms with Gasteiger partial charge in [-0.05, 0) is 38.6 Å². The molecule has 0 heterocycles. The van der Waals surface area contributed by atoms with Gasteiger partial charge >= 0.3 is 0 Å². The number of rotatable bonds is 5. The lowest BCUT2D eigenvalue weighted by molar-refractivity contribution is -0.101. The number of hydrogen-bond donors (Lipinski definition) is 1. The zero-order chi connectivity index (χ0) is 9.90. The SMILES string of the molecule is CNC(CC(C)C)C1(OC)CCC1. The van der Waals surface area contributed by atoms with Gasteiger partial charge in [0.15, 0.2) is 0 Å². The van der Waals surface area contributed by atoms with Crippen molar-refractivity contribution < 1.29 is 4.74 Å². The Bertz CT molecular complexity index is 147. The van der Waals surface area contributed by atoms with Crippen LogP contribution in [0.4, 0.5) is 0 Å². The molecule has 0 bridgehead atoms. The summed E-state index contributed by atoms with van der Waals surface area (Å²) >= 11 is 0. The molecule has 1 rings (SSSR count). The molecule has 78 valence electrons. The van der Waals surface area contributed by atoms with Gasteiger partial charge in [-0.1, -0.05) is 13.8 Å². The Morgan fingerprint density at radius 3 is 2.23 bits per heavy atom. The maximum Gasteiger partial charge on any atom is 0.0831 e. The molecule has 2 nitrogen and oxygen atoms in total. The zero-order valence-electron chi connectivity index (χ0n) is 9.39. The van der Waals surface area contributed by atoms with Crippen LogP contribution in [0, 0.1) is 5.92 Å². The molecule has 0 aromatic rings. The maximum absolute atomic E-state index is 5.67. The van der Waals surface area contributed by atoms with E-state index in [0.29, 0.717) is 6.04 Å². The summed E-state index contributed by atoms with van der Waals surface area (Å²) in [5, 5.41) is 3.40. The highest BCUT2D eigenvalue weighted by Gasteiger charge is 2.43. The Morgan fingerprint density at radius 2 is 2.00 bits per heavy atom. The van der Waals surface area contributed by atoms with Gasteiger partial charge in [-0.15, -0.1) is 0 Å². The molecule has 1 aliphatic carbocycles. The number of methoxy groups -OCH3 is 1. The highest BCUT2D eigenvalue weighted by molar-refractivity contribution is 4.99. The van der Waals surface area contributed by atoms with Gasteiger partial charge in [-0.3, -0.25) is 0 Å². The van der Waals surface area contributed by atoms with Crippen LogP contribution in [0.3, 0.4) is 0 Å². The first kappa shape index (κ1) is 11.0. The number of likely N-dealkylation sites (N-methyl/N-ethyl adjacent to an activating group) is 1. The molecular formula is C11H23NO. The van der Waals surface area contributed by atoms with E-state index in [-0.39, 0.29) is 5.60 Å². The summed E-state index contributed by atoms with van der Waals surface area (Å²) in [5.74, 6) is 0.741. The van der Waals surface area contributed by atoms with Crippen molar-refractivity contribution in [2.45, 2.75) is 51.2 Å². The van der Waals surface area contributed by atoms with Crippen LogP contribution in [0.25, 0.3) is 0 Å². The summed E-state index contributed by atoms with van der Waals surface area (Å²) in [7, 11) is 3.90. The lowest BCUT2D eigenvalue weighted by Gasteiger charge is -2.47. The average Bonchev–Trinajstić information content (AvgIpc) is 2.01. The number of hydrogen-bond acceptors (Lipinski definition) is 2. The smallest absolute Gasteiger partial charge is 0.0831 e. The molecule has 1 saturated carbocycles. The topological polar surface area (TPSA) is 21.3 Å². The van der Waals surface area contributed by atoms with Crippen LogP contribution in [0.1, 0.15) is 39.5 Å². The average molecular weight is 185 g/mol. The molecule has 13 heavy (non-hydrogen) atoms. The van der Waals surface area contributed by atoms with Crippen molar-refractivity contribution in [1.29, 1.82) is 0 Å². The van der Waals surface area contributed by atoms with Crippen LogP contribution < -0.4 is 5.32 Å². The third-order valence-corrected chi connectivity index (χ3v) is 3.30. The molecule has 0 aliphatic heterocycles. The van der Waals surface area contributed by atoms with Crippen molar-refractivity contribution >= 4 is 0 Å². The Kier molecular flexibility index (Phi) is 3.74. The molecule has 1 aliphatic rings. The molecule has 1 N–H and O–H groups in total. The Labute approximate surface area is 82.0 Å². The fraction of sp³-hybridized carbons (Fsp3) is 1.00. The largest absolute Gasteiger partial charge is 0.377 e. The van der Waals surface area contributed by atoms with E-state index in [9.17, 15) is 0 Å². The van der Waals surface area contributed by atoms with Gasteiger partial charge in [-0.25, -0.2) is 0 Å². The third kappa shape index (κ3) is 2.23. The van der Waals surface area contributed by atoms with E-state index in [2.05, 4.69) is 19.2 Å². The molecule has 0 amide bonds. The fourth-order valence-corrected chi connectivity index (χ4v) is 2.29. The standard InChI is InChI=1S/C11H23NO/c1-9(2)8-10(12-3)11(13-4)6-5-7-11/h9-10,12H,5-8H2,1-4H3. The highest BCUT2D eigenvalue weighted by atomic mass is 16.5. The number of ether oxygens (including phenoxy) is 1. The van der Waals surface area contributed by atoms with E-state index in [1.165, 1.54) is 25.7 Å². The van der Waals surface area contributed by atoms with E-state index in [1.54, 1.807) is 0 Å². The molecule has 0 spiro atoms. The zero-order valence-corrected chi connectivity index (χ0v) is 9.39. The second kappa shape index (κ2) is 4.43. The van der Waals surface area contributed by atoms with Gasteiger partial charge in [0, 0.05) is 13.2 Å². The molecular weight excluding hydrogens is 162 g/mol. The van der Waals surface area contributed by atoms with Crippen molar-refractivity contribution in [3.05, 3.63) is 0 Å². The predicted octanol–water partition coefficient (Wildman–Crippen LogP) is 2.19. The first-order chi connectivity index (χ1) is 6.14. The normalized spacial score (nSPS) is 22.8. The van der Waals surface area contributed by atoms with Gasteiger partial charge in [0.2, 0.25) is 0 Å². The molecule has 0 aromatic carbocycles. The first-order valence-electron chi connectivity index (χ1n) is 5.37. The molecule has 1 unspecified atom stereocenters. The van der Waals surface area contributed by atoms with Crippen molar-refractivity contribution in [2.24, 2.45) is 5.92 Å². The van der Waals surface area contributed by atoms with Crippen LogP contribution >= 0.6 is 0 Å². The van der Waals surface area contributed by atoms with E-state index in [4.69, 9.17) is 4.74 Å². The van der Waals surface area contributed by atoms with Crippen molar-refractivity contribution in [3.63, 3.8) is 0 Å². The highest BCUT2D eigenvalue weighted by Crippen LogP contribution is 2.39. The predicted molar refractivity (Wildman–Crippen MR) is 55.9 cm³/mol. The van der Waals surface area contributed by atoms with Crippen LogP contribution in [-0.2, 0) is 4.74 Å². The minimum Gasteiger partial charge on any atom is -0.377 e. The van der Waals surface area contributed by atoms with Gasteiger partial charge < -0.3 is 10.1 Å². The van der Waals surface area contributed by atoms with E-state index < -0.39 is 0 Å². The van der Waals surface area contributed by atoms with Crippen LogP contribution in [0.15, 0.2) is 0 Å². The Hall–Kier alpha value is -0.0800. The van der Waals surface area contributed by atoms with Crippen LogP contribution in [0.5, 0.6) is 0 Å². The van der Waals surface area contributed by atoms with Crippen molar-refractivity contribution in [1.82, 2.24) is 5.32 Å². The summed E-state index contributed by atoms with van der Waals surface area (Å²) in [4.78, 5) is 0. The minimum absolute atomic E-state index is 0.152. The second-order valence-electron chi connectivity index (χ2n) is 4.59.